The Morgan fingerprint density at radius 2 is 2.04 bits per heavy atom. The third-order valence-electron chi connectivity index (χ3n) is 3.64. The summed E-state index contributed by atoms with van der Waals surface area (Å²) in [5, 5.41) is 5.27. The first kappa shape index (κ1) is 17.3. The van der Waals surface area contributed by atoms with Gasteiger partial charge in [0, 0.05) is 6.54 Å². The minimum Gasteiger partial charge on any atom is -0.496 e. The lowest BCUT2D eigenvalue weighted by atomic mass is 10.1. The second-order valence-corrected chi connectivity index (χ2v) is 5.94. The van der Waals surface area contributed by atoms with Gasteiger partial charge in [0.1, 0.15) is 5.75 Å². The Bertz CT molecular complexity index is 629. The lowest BCUT2D eigenvalue weighted by Gasteiger charge is -2.15. The molecular weight excluding hydrogens is 320 g/mol. The zero-order valence-electron chi connectivity index (χ0n) is 13.0. The third kappa shape index (κ3) is 4.45. The highest BCUT2D eigenvalue weighted by Gasteiger charge is 2.27. The normalized spacial score (nSPS) is 14.7. The van der Waals surface area contributed by atoms with Crippen molar-refractivity contribution in [3.8, 4) is 5.75 Å². The van der Waals surface area contributed by atoms with Gasteiger partial charge < -0.3 is 15.4 Å². The fourth-order valence-electron chi connectivity index (χ4n) is 2.07. The molecule has 0 spiro atoms. The molecule has 1 aromatic carbocycles. The van der Waals surface area contributed by atoms with Gasteiger partial charge in [0.15, 0.2) is 0 Å². The molecule has 1 aliphatic carbocycles. The van der Waals surface area contributed by atoms with Crippen molar-refractivity contribution in [2.24, 2.45) is 5.92 Å². The number of halogens is 1. The molecule has 1 aliphatic rings. The van der Waals surface area contributed by atoms with Crippen molar-refractivity contribution in [3.05, 3.63) is 28.8 Å². The number of Topliss-reactive ketones (excluding diaryl/α,β-unsaturated/α-hetero) is 1. The van der Waals surface area contributed by atoms with Gasteiger partial charge in [-0.25, -0.2) is 0 Å². The van der Waals surface area contributed by atoms with Crippen LogP contribution in [0.25, 0.3) is 0 Å². The predicted octanol–water partition coefficient (Wildman–Crippen LogP) is 1.56. The van der Waals surface area contributed by atoms with Crippen LogP contribution in [0.2, 0.25) is 5.02 Å². The Kier molecular flexibility index (Phi) is 5.60. The first-order chi connectivity index (χ1) is 10.9. The van der Waals surface area contributed by atoms with Gasteiger partial charge in [0.2, 0.25) is 5.78 Å². The summed E-state index contributed by atoms with van der Waals surface area (Å²) in [4.78, 5) is 36.1. The van der Waals surface area contributed by atoms with Crippen molar-refractivity contribution < 1.29 is 19.1 Å². The molecule has 1 aromatic rings. The lowest BCUT2D eigenvalue weighted by Crippen LogP contribution is -2.46. The van der Waals surface area contributed by atoms with E-state index in [0.29, 0.717) is 18.2 Å². The molecule has 0 heterocycles. The molecule has 7 heteroatoms. The van der Waals surface area contributed by atoms with E-state index in [-0.39, 0.29) is 10.6 Å². The molecule has 1 unspecified atom stereocenters. The average Bonchev–Trinajstić information content (AvgIpc) is 3.35. The largest absolute Gasteiger partial charge is 0.496 e. The Morgan fingerprint density at radius 1 is 1.35 bits per heavy atom. The van der Waals surface area contributed by atoms with Crippen LogP contribution in [0.4, 0.5) is 0 Å². The summed E-state index contributed by atoms with van der Waals surface area (Å²) < 4.78 is 5.10. The van der Waals surface area contributed by atoms with Crippen LogP contribution >= 0.6 is 11.6 Å². The zero-order valence-corrected chi connectivity index (χ0v) is 13.8. The summed E-state index contributed by atoms with van der Waals surface area (Å²) >= 11 is 6.02. The first-order valence-corrected chi connectivity index (χ1v) is 7.77. The fraction of sp³-hybridized carbons (Fsp3) is 0.438. The van der Waals surface area contributed by atoms with Crippen molar-refractivity contribution in [1.82, 2.24) is 10.6 Å². The molecule has 124 valence electrons. The van der Waals surface area contributed by atoms with Gasteiger partial charge in [-0.1, -0.05) is 17.7 Å². The van der Waals surface area contributed by atoms with E-state index in [2.05, 4.69) is 10.6 Å². The molecule has 23 heavy (non-hydrogen) atoms. The summed E-state index contributed by atoms with van der Waals surface area (Å²) in [5.41, 5.74) is 0.134. The molecule has 6 nitrogen and oxygen atoms in total. The molecule has 0 bridgehead atoms. The molecule has 0 saturated heterocycles. The standard InChI is InChI=1S/C16H19ClN2O4/c1-9(14(20)16(22)18-8-10-6-7-10)19-15(21)13-11(17)4-3-5-12(13)23-2/h3-5,9-10H,6-8H2,1-2H3,(H,18,22)(H,19,21). The van der Waals surface area contributed by atoms with Gasteiger partial charge in [-0.15, -0.1) is 0 Å². The SMILES string of the molecule is COc1cccc(Cl)c1C(=O)NC(C)C(=O)C(=O)NCC1CC1. The van der Waals surface area contributed by atoms with E-state index < -0.39 is 23.6 Å². The van der Waals surface area contributed by atoms with E-state index in [9.17, 15) is 14.4 Å². The number of nitrogens with one attached hydrogen (secondary N) is 2. The van der Waals surface area contributed by atoms with E-state index in [4.69, 9.17) is 16.3 Å². The van der Waals surface area contributed by atoms with Gasteiger partial charge in [-0.3, -0.25) is 14.4 Å². The quantitative estimate of drug-likeness (QED) is 0.739. The zero-order chi connectivity index (χ0) is 17.0. The molecule has 1 atom stereocenters. The number of rotatable bonds is 7. The molecule has 0 radical (unpaired) electrons. The molecule has 2 N–H and O–H groups in total. The van der Waals surface area contributed by atoms with Gasteiger partial charge in [0.05, 0.1) is 23.7 Å². The van der Waals surface area contributed by atoms with Crippen LogP contribution in [0.1, 0.15) is 30.1 Å². The number of amides is 2. The molecule has 1 saturated carbocycles. The Balaban J connectivity index is 1.98. The van der Waals surface area contributed by atoms with Crippen LogP contribution in [0, 0.1) is 5.92 Å². The molecule has 0 aliphatic heterocycles. The van der Waals surface area contributed by atoms with E-state index in [0.717, 1.165) is 12.8 Å². The average molecular weight is 339 g/mol. The maximum absolute atomic E-state index is 12.3. The maximum atomic E-state index is 12.3. The number of benzene rings is 1. The summed E-state index contributed by atoms with van der Waals surface area (Å²) in [6.45, 7) is 1.96. The van der Waals surface area contributed by atoms with Crippen LogP contribution in [-0.4, -0.2) is 37.3 Å². The maximum Gasteiger partial charge on any atom is 0.289 e. The number of hydrogen-bond acceptors (Lipinski definition) is 4. The van der Waals surface area contributed by atoms with Crippen molar-refractivity contribution in [2.45, 2.75) is 25.8 Å². The second-order valence-electron chi connectivity index (χ2n) is 5.53. The van der Waals surface area contributed by atoms with Crippen LogP contribution in [0.15, 0.2) is 18.2 Å². The number of methoxy groups -OCH3 is 1. The van der Waals surface area contributed by atoms with Crippen molar-refractivity contribution in [1.29, 1.82) is 0 Å². The van der Waals surface area contributed by atoms with Crippen LogP contribution in [-0.2, 0) is 9.59 Å². The monoisotopic (exact) mass is 338 g/mol. The number of carbonyl (C=O) groups is 3. The number of ketones is 1. The number of hydrogen-bond donors (Lipinski definition) is 2. The van der Waals surface area contributed by atoms with Gasteiger partial charge in [-0.05, 0) is 37.8 Å². The van der Waals surface area contributed by atoms with E-state index in [1.165, 1.54) is 14.0 Å². The van der Waals surface area contributed by atoms with Crippen molar-refractivity contribution in [2.75, 3.05) is 13.7 Å². The van der Waals surface area contributed by atoms with E-state index in [1.807, 2.05) is 0 Å². The second kappa shape index (κ2) is 7.46. The molecule has 2 rings (SSSR count). The Labute approximate surface area is 139 Å². The number of carbonyl (C=O) groups excluding carboxylic acids is 3. The highest BCUT2D eigenvalue weighted by molar-refractivity contribution is 6.38. The summed E-state index contributed by atoms with van der Waals surface area (Å²) in [6, 6.07) is 3.84. The summed E-state index contributed by atoms with van der Waals surface area (Å²) in [7, 11) is 1.42. The highest BCUT2D eigenvalue weighted by atomic mass is 35.5. The predicted molar refractivity (Wildman–Crippen MR) is 85.7 cm³/mol. The van der Waals surface area contributed by atoms with Gasteiger partial charge in [-0.2, -0.15) is 0 Å². The molecular formula is C16H19ClN2O4. The minimum atomic E-state index is -0.956. The smallest absolute Gasteiger partial charge is 0.289 e. The topological polar surface area (TPSA) is 84.5 Å². The van der Waals surface area contributed by atoms with Gasteiger partial charge in [0.25, 0.3) is 11.8 Å². The molecule has 2 amide bonds. The molecule has 1 fully saturated rings. The van der Waals surface area contributed by atoms with Gasteiger partial charge >= 0.3 is 0 Å². The van der Waals surface area contributed by atoms with Crippen molar-refractivity contribution >= 4 is 29.2 Å². The van der Waals surface area contributed by atoms with Crippen molar-refractivity contribution in [3.63, 3.8) is 0 Å². The minimum absolute atomic E-state index is 0.134. The number of ether oxygens (including phenoxy) is 1. The summed E-state index contributed by atoms with van der Waals surface area (Å²) in [6.07, 6.45) is 2.15. The van der Waals surface area contributed by atoms with Crippen LogP contribution in [0.5, 0.6) is 5.75 Å². The fourth-order valence-corrected chi connectivity index (χ4v) is 2.32. The van der Waals surface area contributed by atoms with E-state index >= 15 is 0 Å². The van der Waals surface area contributed by atoms with Crippen LogP contribution in [0.3, 0.4) is 0 Å². The van der Waals surface area contributed by atoms with E-state index in [1.54, 1.807) is 18.2 Å². The first-order valence-electron chi connectivity index (χ1n) is 7.39. The third-order valence-corrected chi connectivity index (χ3v) is 3.95. The Hall–Kier alpha value is -2.08. The summed E-state index contributed by atoms with van der Waals surface area (Å²) in [5.74, 6) is -1.17. The lowest BCUT2D eigenvalue weighted by molar-refractivity contribution is -0.138. The Morgan fingerprint density at radius 3 is 2.65 bits per heavy atom. The van der Waals surface area contributed by atoms with Crippen LogP contribution < -0.4 is 15.4 Å². The molecule has 0 aromatic heterocycles. The highest BCUT2D eigenvalue weighted by Crippen LogP contribution is 2.27.